The summed E-state index contributed by atoms with van der Waals surface area (Å²) in [7, 11) is 0. The Balaban J connectivity index is 1.91. The molecule has 3 heteroatoms. The van der Waals surface area contributed by atoms with Gasteiger partial charge in [0.15, 0.2) is 0 Å². The van der Waals surface area contributed by atoms with Crippen molar-refractivity contribution in [3.8, 4) is 0 Å². The second-order valence-corrected chi connectivity index (χ2v) is 4.97. The number of rotatable bonds is 4. The molecule has 0 aliphatic heterocycles. The fraction of sp³-hybridized carbons (Fsp3) is 0.0526. The van der Waals surface area contributed by atoms with Gasteiger partial charge in [-0.3, -0.25) is 4.79 Å². The fourth-order valence-corrected chi connectivity index (χ4v) is 2.37. The summed E-state index contributed by atoms with van der Waals surface area (Å²) in [5.74, 6) is -0.427. The Hall–Kier alpha value is -2.94. The Morgan fingerprint density at radius 3 is 2.45 bits per heavy atom. The molecule has 0 fully saturated rings. The van der Waals surface area contributed by atoms with E-state index in [0.29, 0.717) is 11.1 Å². The third-order valence-corrected chi connectivity index (χ3v) is 3.45. The smallest absolute Gasteiger partial charge is 0.339 e. The van der Waals surface area contributed by atoms with Gasteiger partial charge < -0.3 is 4.74 Å². The maximum Gasteiger partial charge on any atom is 0.339 e. The summed E-state index contributed by atoms with van der Waals surface area (Å²) in [6.45, 7) is 0.208. The van der Waals surface area contributed by atoms with E-state index in [2.05, 4.69) is 0 Å². The predicted octanol–water partition coefficient (Wildman–Crippen LogP) is 4.01. The SMILES string of the molecule is O=Cc1cc(C(=O)OCc2ccccc2)c2ccccc2c1. The first-order chi connectivity index (χ1) is 10.8. The highest BCUT2D eigenvalue weighted by molar-refractivity contribution is 6.06. The molecule has 3 aromatic rings. The molecule has 0 radical (unpaired) electrons. The molecule has 0 unspecified atom stereocenters. The summed E-state index contributed by atoms with van der Waals surface area (Å²) in [5.41, 5.74) is 1.80. The molecule has 0 saturated heterocycles. The molecule has 0 amide bonds. The first-order valence-electron chi connectivity index (χ1n) is 6.97. The minimum absolute atomic E-state index is 0.208. The van der Waals surface area contributed by atoms with Gasteiger partial charge in [0.05, 0.1) is 5.56 Å². The van der Waals surface area contributed by atoms with Crippen molar-refractivity contribution in [3.05, 3.63) is 83.4 Å². The van der Waals surface area contributed by atoms with Crippen LogP contribution in [-0.4, -0.2) is 12.3 Å². The van der Waals surface area contributed by atoms with Crippen molar-refractivity contribution < 1.29 is 14.3 Å². The van der Waals surface area contributed by atoms with Crippen LogP contribution >= 0.6 is 0 Å². The van der Waals surface area contributed by atoms with E-state index < -0.39 is 5.97 Å². The van der Waals surface area contributed by atoms with Gasteiger partial charge in [-0.25, -0.2) is 4.79 Å². The topological polar surface area (TPSA) is 43.4 Å². The lowest BCUT2D eigenvalue weighted by Crippen LogP contribution is -2.06. The summed E-state index contributed by atoms with van der Waals surface area (Å²) < 4.78 is 5.37. The van der Waals surface area contributed by atoms with Crippen LogP contribution in [0.25, 0.3) is 10.8 Å². The van der Waals surface area contributed by atoms with E-state index in [1.165, 1.54) is 0 Å². The van der Waals surface area contributed by atoms with E-state index in [-0.39, 0.29) is 6.61 Å². The van der Waals surface area contributed by atoms with Crippen LogP contribution in [0.5, 0.6) is 0 Å². The normalized spacial score (nSPS) is 10.4. The molecule has 3 aromatic carbocycles. The zero-order valence-electron chi connectivity index (χ0n) is 11.9. The average Bonchev–Trinajstić information content (AvgIpc) is 2.59. The van der Waals surface area contributed by atoms with E-state index >= 15 is 0 Å². The summed E-state index contributed by atoms with van der Waals surface area (Å²) in [5, 5.41) is 1.63. The summed E-state index contributed by atoms with van der Waals surface area (Å²) in [4.78, 5) is 23.4. The first kappa shape index (κ1) is 14.0. The van der Waals surface area contributed by atoms with Gasteiger partial charge in [-0.05, 0) is 28.5 Å². The van der Waals surface area contributed by atoms with Crippen LogP contribution in [0.2, 0.25) is 0 Å². The molecule has 0 N–H and O–H groups in total. The van der Waals surface area contributed by atoms with Crippen molar-refractivity contribution in [2.75, 3.05) is 0 Å². The predicted molar refractivity (Wildman–Crippen MR) is 84.9 cm³/mol. The summed E-state index contributed by atoms with van der Waals surface area (Å²) in [6.07, 6.45) is 0.737. The Labute approximate surface area is 128 Å². The lowest BCUT2D eigenvalue weighted by molar-refractivity contribution is 0.0475. The van der Waals surface area contributed by atoms with Crippen molar-refractivity contribution in [2.24, 2.45) is 0 Å². The van der Waals surface area contributed by atoms with Crippen LogP contribution in [-0.2, 0) is 11.3 Å². The van der Waals surface area contributed by atoms with Gasteiger partial charge in [0, 0.05) is 5.56 Å². The van der Waals surface area contributed by atoms with Crippen LogP contribution < -0.4 is 0 Å². The zero-order valence-corrected chi connectivity index (χ0v) is 11.9. The highest BCUT2D eigenvalue weighted by Crippen LogP contribution is 2.21. The van der Waals surface area contributed by atoms with E-state index in [9.17, 15) is 9.59 Å². The first-order valence-corrected chi connectivity index (χ1v) is 6.97. The molecule has 0 atom stereocenters. The Morgan fingerprint density at radius 2 is 1.68 bits per heavy atom. The Bertz CT molecular complexity index is 822. The third kappa shape index (κ3) is 2.88. The van der Waals surface area contributed by atoms with E-state index in [4.69, 9.17) is 4.74 Å². The molecular formula is C19H14O3. The summed E-state index contributed by atoms with van der Waals surface area (Å²) in [6, 6.07) is 20.3. The zero-order chi connectivity index (χ0) is 15.4. The van der Waals surface area contributed by atoms with Crippen LogP contribution in [0.15, 0.2) is 66.7 Å². The highest BCUT2D eigenvalue weighted by Gasteiger charge is 2.13. The Kier molecular flexibility index (Phi) is 3.97. The van der Waals surface area contributed by atoms with Crippen molar-refractivity contribution in [1.29, 1.82) is 0 Å². The number of esters is 1. The van der Waals surface area contributed by atoms with Crippen LogP contribution in [0.1, 0.15) is 26.3 Å². The molecule has 3 rings (SSSR count). The fourth-order valence-electron chi connectivity index (χ4n) is 2.37. The maximum absolute atomic E-state index is 12.4. The Morgan fingerprint density at radius 1 is 0.955 bits per heavy atom. The van der Waals surface area contributed by atoms with Crippen LogP contribution in [0.4, 0.5) is 0 Å². The molecule has 0 aliphatic rings. The number of benzene rings is 3. The molecule has 108 valence electrons. The van der Waals surface area contributed by atoms with Gasteiger partial charge in [0.25, 0.3) is 0 Å². The van der Waals surface area contributed by atoms with E-state index in [1.807, 2.05) is 54.6 Å². The van der Waals surface area contributed by atoms with Crippen molar-refractivity contribution in [1.82, 2.24) is 0 Å². The van der Waals surface area contributed by atoms with E-state index in [0.717, 1.165) is 22.6 Å². The van der Waals surface area contributed by atoms with Gasteiger partial charge in [-0.15, -0.1) is 0 Å². The molecule has 0 saturated carbocycles. The quantitative estimate of drug-likeness (QED) is 0.538. The minimum atomic E-state index is -0.427. The lowest BCUT2D eigenvalue weighted by Gasteiger charge is -2.08. The maximum atomic E-state index is 12.4. The molecule has 0 aromatic heterocycles. The van der Waals surface area contributed by atoms with E-state index in [1.54, 1.807) is 12.1 Å². The number of ether oxygens (including phenoxy) is 1. The average molecular weight is 290 g/mol. The molecule has 0 bridgehead atoms. The standard InChI is InChI=1S/C19H14O3/c20-12-15-10-16-8-4-5-9-17(16)18(11-15)19(21)22-13-14-6-2-1-3-7-14/h1-12H,13H2. The molecule has 0 aliphatic carbocycles. The van der Waals surface area contributed by atoms with Gasteiger partial charge in [0.1, 0.15) is 12.9 Å². The molecule has 3 nitrogen and oxygen atoms in total. The molecular weight excluding hydrogens is 276 g/mol. The summed E-state index contributed by atoms with van der Waals surface area (Å²) >= 11 is 0. The lowest BCUT2D eigenvalue weighted by atomic mass is 10.0. The van der Waals surface area contributed by atoms with Gasteiger partial charge >= 0.3 is 5.97 Å². The minimum Gasteiger partial charge on any atom is -0.457 e. The van der Waals surface area contributed by atoms with Crippen LogP contribution in [0, 0.1) is 0 Å². The monoisotopic (exact) mass is 290 g/mol. The largest absolute Gasteiger partial charge is 0.457 e. The molecule has 0 heterocycles. The van der Waals surface area contributed by atoms with Gasteiger partial charge in [0.2, 0.25) is 0 Å². The second-order valence-electron chi connectivity index (χ2n) is 4.97. The number of fused-ring (bicyclic) bond motifs is 1. The second kappa shape index (κ2) is 6.22. The number of hydrogen-bond acceptors (Lipinski definition) is 3. The number of aldehydes is 1. The number of hydrogen-bond donors (Lipinski definition) is 0. The van der Waals surface area contributed by atoms with Crippen molar-refractivity contribution >= 4 is 23.0 Å². The third-order valence-electron chi connectivity index (χ3n) is 3.45. The molecule has 0 spiro atoms. The van der Waals surface area contributed by atoms with Gasteiger partial charge in [-0.1, -0.05) is 54.6 Å². The van der Waals surface area contributed by atoms with Crippen LogP contribution in [0.3, 0.4) is 0 Å². The highest BCUT2D eigenvalue weighted by atomic mass is 16.5. The van der Waals surface area contributed by atoms with Gasteiger partial charge in [-0.2, -0.15) is 0 Å². The van der Waals surface area contributed by atoms with Crippen molar-refractivity contribution in [3.63, 3.8) is 0 Å². The number of carbonyl (C=O) groups excluding carboxylic acids is 2. The number of carbonyl (C=O) groups is 2. The molecule has 22 heavy (non-hydrogen) atoms. The van der Waals surface area contributed by atoms with Crippen molar-refractivity contribution in [2.45, 2.75) is 6.61 Å².